The van der Waals surface area contributed by atoms with Crippen LogP contribution in [0.3, 0.4) is 0 Å². The number of amides is 1. The molecule has 2 aromatic carbocycles. The molecule has 132 valence electrons. The minimum Gasteiger partial charge on any atom is -0.497 e. The van der Waals surface area contributed by atoms with Gasteiger partial charge in [0.25, 0.3) is 11.7 Å². The van der Waals surface area contributed by atoms with E-state index >= 15 is 0 Å². The van der Waals surface area contributed by atoms with Crippen molar-refractivity contribution in [3.63, 3.8) is 0 Å². The summed E-state index contributed by atoms with van der Waals surface area (Å²) in [7, 11) is 2.81. The molecule has 0 radical (unpaired) electrons. The molecule has 0 fully saturated rings. The number of nitrogens with one attached hydrogen (secondary N) is 2. The molecule has 1 heterocycles. The van der Waals surface area contributed by atoms with Gasteiger partial charge in [0.2, 0.25) is 0 Å². The Labute approximate surface area is 148 Å². The Bertz CT molecular complexity index is 989. The van der Waals surface area contributed by atoms with E-state index in [0.29, 0.717) is 22.4 Å². The molecule has 0 bridgehead atoms. The Kier molecular flexibility index (Phi) is 4.70. The summed E-state index contributed by atoms with van der Waals surface area (Å²) in [5.74, 6) is -1.35. The summed E-state index contributed by atoms with van der Waals surface area (Å²) in [5, 5.41) is 3.12. The van der Waals surface area contributed by atoms with Crippen LogP contribution in [-0.4, -0.2) is 36.9 Å². The van der Waals surface area contributed by atoms with Gasteiger partial charge in [0, 0.05) is 22.8 Å². The second-order valence-electron chi connectivity index (χ2n) is 5.47. The van der Waals surface area contributed by atoms with Gasteiger partial charge in [0.05, 0.1) is 25.3 Å². The van der Waals surface area contributed by atoms with E-state index in [-0.39, 0.29) is 5.56 Å². The fourth-order valence-corrected chi connectivity index (χ4v) is 2.53. The maximum Gasteiger partial charge on any atom is 0.337 e. The number of benzene rings is 2. The van der Waals surface area contributed by atoms with Gasteiger partial charge < -0.3 is 19.8 Å². The number of carbonyl (C=O) groups is 3. The topological polar surface area (TPSA) is 97.5 Å². The molecule has 0 saturated heterocycles. The van der Waals surface area contributed by atoms with E-state index in [9.17, 15) is 14.4 Å². The van der Waals surface area contributed by atoms with Crippen LogP contribution in [0.5, 0.6) is 5.75 Å². The standard InChI is InChI=1S/C19H16N2O5/c1-25-13-7-8-16-14(9-13)15(10-20-16)17(22)18(23)21-12-5-3-11(4-6-12)19(24)26-2/h3-10,20H,1-2H3,(H,21,23). The number of rotatable bonds is 5. The molecule has 7 heteroatoms. The average molecular weight is 352 g/mol. The molecule has 2 N–H and O–H groups in total. The van der Waals surface area contributed by atoms with Crippen LogP contribution in [0.25, 0.3) is 10.9 Å². The number of Topliss-reactive ketones (excluding diaryl/α,β-unsaturated/α-hetero) is 1. The molecule has 3 aromatic rings. The third-order valence-corrected chi connectivity index (χ3v) is 3.90. The van der Waals surface area contributed by atoms with Crippen LogP contribution in [0.2, 0.25) is 0 Å². The maximum atomic E-state index is 12.5. The molecular weight excluding hydrogens is 336 g/mol. The highest BCUT2D eigenvalue weighted by molar-refractivity contribution is 6.48. The van der Waals surface area contributed by atoms with Gasteiger partial charge in [-0.05, 0) is 42.5 Å². The molecule has 0 aliphatic carbocycles. The summed E-state index contributed by atoms with van der Waals surface area (Å²) in [6.07, 6.45) is 1.49. The first-order valence-electron chi connectivity index (χ1n) is 7.72. The lowest BCUT2D eigenvalue weighted by Crippen LogP contribution is -2.22. The quantitative estimate of drug-likeness (QED) is 0.418. The monoisotopic (exact) mass is 352 g/mol. The average Bonchev–Trinajstić information content (AvgIpc) is 3.10. The van der Waals surface area contributed by atoms with E-state index in [1.165, 1.54) is 44.7 Å². The normalized spacial score (nSPS) is 10.4. The van der Waals surface area contributed by atoms with Crippen LogP contribution in [0.15, 0.2) is 48.7 Å². The molecule has 1 amide bonds. The second kappa shape index (κ2) is 7.10. The van der Waals surface area contributed by atoms with E-state index in [1.807, 2.05) is 0 Å². The fourth-order valence-electron chi connectivity index (χ4n) is 2.53. The van der Waals surface area contributed by atoms with Crippen molar-refractivity contribution in [3.8, 4) is 5.75 Å². The zero-order valence-corrected chi connectivity index (χ0v) is 14.2. The number of aromatic nitrogens is 1. The van der Waals surface area contributed by atoms with Gasteiger partial charge in [-0.15, -0.1) is 0 Å². The van der Waals surface area contributed by atoms with E-state index in [4.69, 9.17) is 4.74 Å². The summed E-state index contributed by atoms with van der Waals surface area (Å²) < 4.78 is 9.77. The number of ketones is 1. The van der Waals surface area contributed by atoms with Crippen LogP contribution >= 0.6 is 0 Å². The van der Waals surface area contributed by atoms with Crippen molar-refractivity contribution in [3.05, 3.63) is 59.8 Å². The number of hydrogen-bond acceptors (Lipinski definition) is 5. The number of esters is 1. The molecule has 0 aliphatic heterocycles. The SMILES string of the molecule is COC(=O)c1ccc(NC(=O)C(=O)c2c[nH]c3ccc(OC)cc23)cc1. The zero-order chi connectivity index (χ0) is 18.7. The number of ether oxygens (including phenoxy) is 2. The highest BCUT2D eigenvalue weighted by Crippen LogP contribution is 2.24. The summed E-state index contributed by atoms with van der Waals surface area (Å²) in [6.45, 7) is 0. The lowest BCUT2D eigenvalue weighted by Gasteiger charge is -2.05. The number of H-pyrrole nitrogens is 1. The number of aromatic amines is 1. The third kappa shape index (κ3) is 3.27. The maximum absolute atomic E-state index is 12.5. The van der Waals surface area contributed by atoms with Crippen LogP contribution in [-0.2, 0) is 9.53 Å². The van der Waals surface area contributed by atoms with Crippen molar-refractivity contribution >= 4 is 34.3 Å². The number of hydrogen-bond donors (Lipinski definition) is 2. The van der Waals surface area contributed by atoms with Gasteiger partial charge in [-0.3, -0.25) is 9.59 Å². The lowest BCUT2D eigenvalue weighted by atomic mass is 10.1. The molecule has 3 rings (SSSR count). The predicted octanol–water partition coefficient (Wildman–Crippen LogP) is 2.78. The van der Waals surface area contributed by atoms with Crippen LogP contribution in [0.4, 0.5) is 5.69 Å². The van der Waals surface area contributed by atoms with Gasteiger partial charge in [-0.2, -0.15) is 0 Å². The third-order valence-electron chi connectivity index (χ3n) is 3.90. The van der Waals surface area contributed by atoms with Gasteiger partial charge >= 0.3 is 5.97 Å². The molecular formula is C19H16N2O5. The Morgan fingerprint density at radius 1 is 1.00 bits per heavy atom. The summed E-state index contributed by atoms with van der Waals surface area (Å²) in [4.78, 5) is 39.2. The predicted molar refractivity (Wildman–Crippen MR) is 95.6 cm³/mol. The smallest absolute Gasteiger partial charge is 0.337 e. The van der Waals surface area contributed by atoms with Gasteiger partial charge in [0.1, 0.15) is 5.75 Å². The Hall–Kier alpha value is -3.61. The number of fused-ring (bicyclic) bond motifs is 1. The first kappa shape index (κ1) is 17.2. The Morgan fingerprint density at radius 2 is 1.73 bits per heavy atom. The zero-order valence-electron chi connectivity index (χ0n) is 14.2. The van der Waals surface area contributed by atoms with Gasteiger partial charge in [0.15, 0.2) is 0 Å². The van der Waals surface area contributed by atoms with Crippen molar-refractivity contribution in [2.45, 2.75) is 0 Å². The number of carbonyl (C=O) groups excluding carboxylic acids is 3. The van der Waals surface area contributed by atoms with E-state index in [0.717, 1.165) is 5.52 Å². The van der Waals surface area contributed by atoms with Crippen molar-refractivity contribution in [1.82, 2.24) is 4.98 Å². The fraction of sp³-hybridized carbons (Fsp3) is 0.105. The minimum atomic E-state index is -0.778. The van der Waals surface area contributed by atoms with Crippen LogP contribution in [0, 0.1) is 0 Å². The molecule has 0 saturated carbocycles. The number of anilines is 1. The summed E-state index contributed by atoms with van der Waals surface area (Å²) in [5.41, 5.74) is 1.72. The summed E-state index contributed by atoms with van der Waals surface area (Å²) >= 11 is 0. The van der Waals surface area contributed by atoms with Crippen molar-refractivity contribution in [2.24, 2.45) is 0 Å². The Balaban J connectivity index is 1.80. The Morgan fingerprint density at radius 3 is 2.38 bits per heavy atom. The molecule has 0 atom stereocenters. The van der Waals surface area contributed by atoms with Crippen molar-refractivity contribution in [1.29, 1.82) is 0 Å². The van der Waals surface area contributed by atoms with E-state index in [1.54, 1.807) is 18.2 Å². The number of methoxy groups -OCH3 is 2. The first-order chi connectivity index (χ1) is 12.5. The first-order valence-corrected chi connectivity index (χ1v) is 7.72. The van der Waals surface area contributed by atoms with Crippen LogP contribution in [0.1, 0.15) is 20.7 Å². The molecule has 1 aromatic heterocycles. The van der Waals surface area contributed by atoms with Gasteiger partial charge in [-0.25, -0.2) is 4.79 Å². The molecule has 26 heavy (non-hydrogen) atoms. The van der Waals surface area contributed by atoms with Crippen molar-refractivity contribution in [2.75, 3.05) is 19.5 Å². The molecule has 0 spiro atoms. The van der Waals surface area contributed by atoms with Gasteiger partial charge in [-0.1, -0.05) is 0 Å². The largest absolute Gasteiger partial charge is 0.497 e. The van der Waals surface area contributed by atoms with Crippen LogP contribution < -0.4 is 10.1 Å². The molecule has 0 aliphatic rings. The minimum absolute atomic E-state index is 0.252. The van der Waals surface area contributed by atoms with E-state index in [2.05, 4.69) is 15.0 Å². The highest BCUT2D eigenvalue weighted by atomic mass is 16.5. The molecule has 0 unspecified atom stereocenters. The highest BCUT2D eigenvalue weighted by Gasteiger charge is 2.20. The second-order valence-corrected chi connectivity index (χ2v) is 5.47. The summed E-state index contributed by atoms with van der Waals surface area (Å²) in [6, 6.07) is 11.3. The van der Waals surface area contributed by atoms with E-state index < -0.39 is 17.7 Å². The lowest BCUT2D eigenvalue weighted by molar-refractivity contribution is -0.112. The molecule has 7 nitrogen and oxygen atoms in total. The van der Waals surface area contributed by atoms with Crippen molar-refractivity contribution < 1.29 is 23.9 Å².